The smallest absolute Gasteiger partial charge is 0.347 e. The molecule has 1 fully saturated rings. The van der Waals surface area contributed by atoms with E-state index in [1.807, 2.05) is 0 Å². The van der Waals surface area contributed by atoms with Crippen molar-refractivity contribution in [3.05, 3.63) is 59.7 Å². The van der Waals surface area contributed by atoms with Crippen LogP contribution in [0.25, 0.3) is 0 Å². The van der Waals surface area contributed by atoms with Crippen LogP contribution < -0.4 is 9.47 Å². The Morgan fingerprint density at radius 3 is 2.41 bits per heavy atom. The maximum atomic E-state index is 13.4. The number of aliphatic carboxylic acids is 1. The lowest BCUT2D eigenvalue weighted by atomic mass is 10.1. The number of urea groups is 1. The first-order chi connectivity index (χ1) is 15.1. The van der Waals surface area contributed by atoms with Crippen LogP contribution in [0.1, 0.15) is 25.8 Å². The van der Waals surface area contributed by atoms with E-state index < -0.39 is 23.2 Å². The summed E-state index contributed by atoms with van der Waals surface area (Å²) in [6.45, 7) is 3.95. The van der Waals surface area contributed by atoms with Crippen molar-refractivity contribution in [3.63, 3.8) is 0 Å². The van der Waals surface area contributed by atoms with E-state index in [-0.39, 0.29) is 18.6 Å². The summed E-state index contributed by atoms with van der Waals surface area (Å²) in [5.41, 5.74) is -0.816. The van der Waals surface area contributed by atoms with Crippen LogP contribution in [0.15, 0.2) is 42.5 Å². The molecule has 2 aromatic rings. The van der Waals surface area contributed by atoms with Crippen LogP contribution in [0.2, 0.25) is 0 Å². The van der Waals surface area contributed by atoms with E-state index in [2.05, 4.69) is 0 Å². The summed E-state index contributed by atoms with van der Waals surface area (Å²) in [7, 11) is 1.70. The highest BCUT2D eigenvalue weighted by atomic mass is 19.2. The molecule has 2 aromatic carbocycles. The van der Waals surface area contributed by atoms with Crippen molar-refractivity contribution in [2.24, 2.45) is 0 Å². The molecule has 0 aliphatic carbocycles. The SMILES string of the molecule is CN1C(=O)N(Cc2ccc(F)c(F)c2)CC1CCOc1ccc(OC(C)(C)C(=O)O)cc1. The number of rotatable bonds is 9. The highest BCUT2D eigenvalue weighted by Crippen LogP contribution is 2.24. The van der Waals surface area contributed by atoms with Gasteiger partial charge in [-0.05, 0) is 55.8 Å². The van der Waals surface area contributed by atoms with Crippen molar-refractivity contribution in [2.45, 2.75) is 38.5 Å². The molecule has 1 atom stereocenters. The van der Waals surface area contributed by atoms with Crippen molar-refractivity contribution in [3.8, 4) is 11.5 Å². The first-order valence-corrected chi connectivity index (χ1v) is 10.2. The molecule has 3 rings (SSSR count). The van der Waals surface area contributed by atoms with Crippen LogP contribution >= 0.6 is 0 Å². The quantitative estimate of drug-likeness (QED) is 0.629. The van der Waals surface area contributed by atoms with Gasteiger partial charge in [-0.3, -0.25) is 0 Å². The number of ether oxygens (including phenoxy) is 2. The van der Waals surface area contributed by atoms with E-state index in [9.17, 15) is 18.4 Å². The van der Waals surface area contributed by atoms with Crippen LogP contribution in [0, 0.1) is 11.6 Å². The Bertz CT molecular complexity index is 981. The van der Waals surface area contributed by atoms with Crippen LogP contribution in [0.3, 0.4) is 0 Å². The Balaban J connectivity index is 1.50. The number of nitrogens with zero attached hydrogens (tertiary/aromatic N) is 2. The minimum Gasteiger partial charge on any atom is -0.494 e. The van der Waals surface area contributed by atoms with Gasteiger partial charge >= 0.3 is 12.0 Å². The van der Waals surface area contributed by atoms with Gasteiger partial charge in [-0.2, -0.15) is 0 Å². The average Bonchev–Trinajstić information content (AvgIpc) is 2.99. The van der Waals surface area contributed by atoms with Gasteiger partial charge in [0.05, 0.1) is 12.6 Å². The second-order valence-corrected chi connectivity index (χ2v) is 8.20. The highest BCUT2D eigenvalue weighted by Gasteiger charge is 2.34. The maximum Gasteiger partial charge on any atom is 0.347 e. The van der Waals surface area contributed by atoms with Gasteiger partial charge < -0.3 is 24.4 Å². The first kappa shape index (κ1) is 23.3. The van der Waals surface area contributed by atoms with Gasteiger partial charge in [-0.1, -0.05) is 6.07 Å². The molecule has 172 valence electrons. The van der Waals surface area contributed by atoms with Gasteiger partial charge in [0.25, 0.3) is 0 Å². The number of halogens is 2. The molecule has 0 saturated carbocycles. The number of benzene rings is 2. The minimum absolute atomic E-state index is 0.0771. The molecule has 1 unspecified atom stereocenters. The molecule has 0 spiro atoms. The van der Waals surface area contributed by atoms with E-state index in [4.69, 9.17) is 14.6 Å². The molecule has 0 aromatic heterocycles. The monoisotopic (exact) mass is 448 g/mol. The van der Waals surface area contributed by atoms with Crippen LogP contribution in [0.4, 0.5) is 13.6 Å². The van der Waals surface area contributed by atoms with Crippen molar-refractivity contribution in [1.29, 1.82) is 0 Å². The van der Waals surface area contributed by atoms with Gasteiger partial charge in [-0.15, -0.1) is 0 Å². The molecule has 1 saturated heterocycles. The van der Waals surface area contributed by atoms with E-state index >= 15 is 0 Å². The Hall–Kier alpha value is -3.36. The van der Waals surface area contributed by atoms with Gasteiger partial charge in [0, 0.05) is 26.6 Å². The molecule has 0 bridgehead atoms. The number of carboxylic acid groups (broad SMARTS) is 1. The fraction of sp³-hybridized carbons (Fsp3) is 0.391. The normalized spacial score (nSPS) is 16.4. The third-order valence-corrected chi connectivity index (χ3v) is 5.34. The highest BCUT2D eigenvalue weighted by molar-refractivity contribution is 5.77. The van der Waals surface area contributed by atoms with Gasteiger partial charge in [-0.25, -0.2) is 18.4 Å². The molecule has 1 N–H and O–H groups in total. The maximum absolute atomic E-state index is 13.4. The molecule has 9 heteroatoms. The van der Waals surface area contributed by atoms with E-state index in [0.29, 0.717) is 36.6 Å². The summed E-state index contributed by atoms with van der Waals surface area (Å²) >= 11 is 0. The lowest BCUT2D eigenvalue weighted by Crippen LogP contribution is -2.37. The summed E-state index contributed by atoms with van der Waals surface area (Å²) in [5, 5.41) is 9.13. The number of likely N-dealkylation sites (N-methyl/N-ethyl adjacent to an activating group) is 1. The fourth-order valence-corrected chi connectivity index (χ4v) is 3.36. The second kappa shape index (κ2) is 9.42. The number of carboxylic acids is 1. The lowest BCUT2D eigenvalue weighted by molar-refractivity contribution is -0.152. The summed E-state index contributed by atoms with van der Waals surface area (Å²) in [6.07, 6.45) is 0.584. The third-order valence-electron chi connectivity index (χ3n) is 5.34. The molecule has 7 nitrogen and oxygen atoms in total. The minimum atomic E-state index is -1.34. The predicted octanol–water partition coefficient (Wildman–Crippen LogP) is 3.91. The fourth-order valence-electron chi connectivity index (χ4n) is 3.36. The molecule has 1 heterocycles. The molecule has 2 amide bonds. The van der Waals surface area contributed by atoms with Crippen LogP contribution in [-0.2, 0) is 11.3 Å². The van der Waals surface area contributed by atoms with Gasteiger partial charge in [0.1, 0.15) is 11.5 Å². The summed E-state index contributed by atoms with van der Waals surface area (Å²) in [6, 6.07) is 10.0. The molecule has 0 radical (unpaired) electrons. The molecular weight excluding hydrogens is 422 g/mol. The first-order valence-electron chi connectivity index (χ1n) is 10.2. The molecule has 1 aliphatic heterocycles. The molecule has 32 heavy (non-hydrogen) atoms. The van der Waals surface area contributed by atoms with Crippen molar-refractivity contribution < 1.29 is 33.0 Å². The van der Waals surface area contributed by atoms with Crippen LogP contribution in [0.5, 0.6) is 11.5 Å². The van der Waals surface area contributed by atoms with Crippen molar-refractivity contribution in [1.82, 2.24) is 9.80 Å². The summed E-state index contributed by atoms with van der Waals surface area (Å²) < 4.78 is 37.7. The number of carbonyl (C=O) groups is 2. The van der Waals surface area contributed by atoms with Crippen molar-refractivity contribution in [2.75, 3.05) is 20.2 Å². The average molecular weight is 448 g/mol. The lowest BCUT2D eigenvalue weighted by Gasteiger charge is -2.21. The van der Waals surface area contributed by atoms with Crippen molar-refractivity contribution >= 4 is 12.0 Å². The molecule has 1 aliphatic rings. The van der Waals surface area contributed by atoms with E-state index in [1.54, 1.807) is 41.1 Å². The Morgan fingerprint density at radius 2 is 1.78 bits per heavy atom. The Labute approximate surface area is 185 Å². The predicted molar refractivity (Wildman–Crippen MR) is 113 cm³/mol. The number of hydrogen-bond acceptors (Lipinski definition) is 4. The van der Waals surface area contributed by atoms with E-state index in [1.165, 1.54) is 19.9 Å². The number of amides is 2. The topological polar surface area (TPSA) is 79.3 Å². The Morgan fingerprint density at radius 1 is 1.12 bits per heavy atom. The third kappa shape index (κ3) is 5.46. The zero-order chi connectivity index (χ0) is 23.5. The molecular formula is C23H26F2N2O5. The number of carbonyl (C=O) groups excluding carboxylic acids is 1. The van der Waals surface area contributed by atoms with Gasteiger partial charge in [0.15, 0.2) is 17.2 Å². The van der Waals surface area contributed by atoms with Gasteiger partial charge in [0.2, 0.25) is 0 Å². The Kier molecular flexibility index (Phi) is 6.86. The van der Waals surface area contributed by atoms with Crippen LogP contribution in [-0.4, -0.2) is 58.7 Å². The summed E-state index contributed by atoms with van der Waals surface area (Å²) in [4.78, 5) is 26.9. The van der Waals surface area contributed by atoms with E-state index in [0.717, 1.165) is 12.1 Å². The summed E-state index contributed by atoms with van der Waals surface area (Å²) in [5.74, 6) is -1.91. The zero-order valence-corrected chi connectivity index (χ0v) is 18.2. The zero-order valence-electron chi connectivity index (χ0n) is 18.2. The second-order valence-electron chi connectivity index (χ2n) is 8.20. The largest absolute Gasteiger partial charge is 0.494 e. The number of hydrogen-bond donors (Lipinski definition) is 1. The standard InChI is InChI=1S/C23H26F2N2O5/c1-23(2,21(28)29)32-18-7-5-17(6-8-18)31-11-10-16-14-27(22(30)26(16)3)13-15-4-9-19(24)20(25)12-15/h4-9,12,16H,10-11,13-14H2,1-3H3,(H,28,29).